The van der Waals surface area contributed by atoms with E-state index in [2.05, 4.69) is 0 Å². The van der Waals surface area contributed by atoms with E-state index in [1.807, 2.05) is 38.1 Å². The lowest BCUT2D eigenvalue weighted by Crippen LogP contribution is -2.52. The maximum atomic E-state index is 12.9. The summed E-state index contributed by atoms with van der Waals surface area (Å²) in [6.07, 6.45) is 0. The summed E-state index contributed by atoms with van der Waals surface area (Å²) in [4.78, 5) is 14.7. The third-order valence-corrected chi connectivity index (χ3v) is 3.75. The molecule has 0 aliphatic heterocycles. The molecule has 0 saturated carbocycles. The standard InChI is InChI=1S/C18H21NO2/c1-3-19(4-2)18(21,16-13-9-6-10-14-16)17(20)15-11-7-5-8-12-15/h5-14,21H,3-4H2,1-2H3. The molecule has 3 nitrogen and oxygen atoms in total. The summed E-state index contributed by atoms with van der Waals surface area (Å²) in [5.74, 6) is -0.294. The molecule has 0 amide bonds. The Morgan fingerprint density at radius 2 is 1.43 bits per heavy atom. The van der Waals surface area contributed by atoms with E-state index >= 15 is 0 Å². The molecule has 2 aromatic rings. The second kappa shape index (κ2) is 6.66. The Labute approximate surface area is 125 Å². The average molecular weight is 283 g/mol. The molecule has 1 atom stereocenters. The molecule has 1 unspecified atom stereocenters. The van der Waals surface area contributed by atoms with E-state index in [9.17, 15) is 9.90 Å². The van der Waals surface area contributed by atoms with Crippen LogP contribution in [-0.4, -0.2) is 28.9 Å². The zero-order chi connectivity index (χ0) is 15.3. The number of ketones is 1. The molecule has 21 heavy (non-hydrogen) atoms. The normalized spacial score (nSPS) is 13.9. The lowest BCUT2D eigenvalue weighted by Gasteiger charge is -2.37. The third-order valence-electron chi connectivity index (χ3n) is 3.75. The molecule has 0 aromatic heterocycles. The number of carbonyl (C=O) groups excluding carboxylic acids is 1. The number of benzene rings is 2. The Morgan fingerprint density at radius 1 is 0.952 bits per heavy atom. The summed E-state index contributed by atoms with van der Waals surface area (Å²) in [5, 5.41) is 11.2. The fourth-order valence-electron chi connectivity index (χ4n) is 2.60. The van der Waals surface area contributed by atoms with Crippen LogP contribution < -0.4 is 0 Å². The van der Waals surface area contributed by atoms with E-state index in [4.69, 9.17) is 0 Å². The molecule has 0 aliphatic carbocycles. The quantitative estimate of drug-likeness (QED) is 0.654. The highest BCUT2D eigenvalue weighted by atomic mass is 16.3. The second-order valence-electron chi connectivity index (χ2n) is 4.91. The third kappa shape index (κ3) is 2.89. The predicted molar refractivity (Wildman–Crippen MR) is 84.0 cm³/mol. The van der Waals surface area contributed by atoms with Gasteiger partial charge >= 0.3 is 0 Å². The number of likely N-dealkylation sites (N-methyl/N-ethyl adjacent to an activating group) is 1. The van der Waals surface area contributed by atoms with Gasteiger partial charge in [-0.05, 0) is 13.1 Å². The van der Waals surface area contributed by atoms with Gasteiger partial charge in [-0.1, -0.05) is 74.5 Å². The fraction of sp³-hybridized carbons (Fsp3) is 0.278. The summed E-state index contributed by atoms with van der Waals surface area (Å²) in [6.45, 7) is 5.05. The number of rotatable bonds is 6. The van der Waals surface area contributed by atoms with Crippen LogP contribution in [0.5, 0.6) is 0 Å². The largest absolute Gasteiger partial charge is 0.365 e. The summed E-state index contributed by atoms with van der Waals surface area (Å²) < 4.78 is 0. The molecular formula is C18H21NO2. The number of hydrogen-bond acceptors (Lipinski definition) is 3. The van der Waals surface area contributed by atoms with Crippen molar-refractivity contribution in [3.05, 3.63) is 71.8 Å². The van der Waals surface area contributed by atoms with Crippen molar-refractivity contribution in [2.75, 3.05) is 13.1 Å². The molecule has 0 aliphatic rings. The molecule has 0 fully saturated rings. The lowest BCUT2D eigenvalue weighted by atomic mass is 9.91. The maximum Gasteiger partial charge on any atom is 0.214 e. The highest BCUT2D eigenvalue weighted by Gasteiger charge is 2.42. The van der Waals surface area contributed by atoms with Crippen LogP contribution in [0.2, 0.25) is 0 Å². The first kappa shape index (κ1) is 15.4. The number of aliphatic hydroxyl groups is 1. The number of nitrogens with zero attached hydrogens (tertiary/aromatic N) is 1. The summed E-state index contributed by atoms with van der Waals surface area (Å²) in [7, 11) is 0. The minimum atomic E-state index is -1.63. The van der Waals surface area contributed by atoms with Gasteiger partial charge in [0.25, 0.3) is 0 Å². The van der Waals surface area contributed by atoms with Crippen molar-refractivity contribution in [1.29, 1.82) is 0 Å². The van der Waals surface area contributed by atoms with Crippen LogP contribution in [0.3, 0.4) is 0 Å². The molecular weight excluding hydrogens is 262 g/mol. The van der Waals surface area contributed by atoms with Gasteiger partial charge in [0, 0.05) is 11.1 Å². The lowest BCUT2D eigenvalue weighted by molar-refractivity contribution is -0.0779. The Balaban J connectivity index is 2.54. The summed E-state index contributed by atoms with van der Waals surface area (Å²) in [5.41, 5.74) is -0.523. The van der Waals surface area contributed by atoms with Crippen molar-refractivity contribution in [3.63, 3.8) is 0 Å². The zero-order valence-corrected chi connectivity index (χ0v) is 12.5. The highest BCUT2D eigenvalue weighted by Crippen LogP contribution is 2.29. The average Bonchev–Trinajstić information content (AvgIpc) is 2.56. The van der Waals surface area contributed by atoms with Gasteiger partial charge < -0.3 is 5.11 Å². The van der Waals surface area contributed by atoms with E-state index in [0.29, 0.717) is 24.2 Å². The first-order valence-electron chi connectivity index (χ1n) is 7.27. The molecule has 0 spiro atoms. The Hall–Kier alpha value is -1.97. The summed E-state index contributed by atoms with van der Waals surface area (Å²) >= 11 is 0. The molecule has 3 heteroatoms. The molecule has 0 heterocycles. The molecule has 0 bridgehead atoms. The van der Waals surface area contributed by atoms with Crippen LogP contribution in [0.1, 0.15) is 29.8 Å². The van der Waals surface area contributed by atoms with Crippen LogP contribution in [0.25, 0.3) is 0 Å². The van der Waals surface area contributed by atoms with Crippen LogP contribution in [-0.2, 0) is 5.72 Å². The number of carbonyl (C=O) groups is 1. The van der Waals surface area contributed by atoms with Crippen molar-refractivity contribution in [3.8, 4) is 0 Å². The van der Waals surface area contributed by atoms with Gasteiger partial charge in [-0.25, -0.2) is 0 Å². The van der Waals surface area contributed by atoms with Crippen LogP contribution >= 0.6 is 0 Å². The minimum Gasteiger partial charge on any atom is -0.365 e. The van der Waals surface area contributed by atoms with Gasteiger partial charge in [-0.2, -0.15) is 0 Å². The van der Waals surface area contributed by atoms with E-state index < -0.39 is 5.72 Å². The molecule has 0 saturated heterocycles. The molecule has 110 valence electrons. The van der Waals surface area contributed by atoms with E-state index in [1.165, 1.54) is 0 Å². The Morgan fingerprint density at radius 3 is 1.90 bits per heavy atom. The topological polar surface area (TPSA) is 40.5 Å². The van der Waals surface area contributed by atoms with Gasteiger partial charge in [-0.3, -0.25) is 9.69 Å². The SMILES string of the molecule is CCN(CC)C(O)(C(=O)c1ccccc1)c1ccccc1. The van der Waals surface area contributed by atoms with Gasteiger partial charge in [-0.15, -0.1) is 0 Å². The molecule has 2 rings (SSSR count). The van der Waals surface area contributed by atoms with Crippen molar-refractivity contribution in [1.82, 2.24) is 4.90 Å². The fourth-order valence-corrected chi connectivity index (χ4v) is 2.60. The molecule has 2 aromatic carbocycles. The highest BCUT2D eigenvalue weighted by molar-refractivity contribution is 6.02. The minimum absolute atomic E-state index is 0.294. The van der Waals surface area contributed by atoms with Crippen molar-refractivity contribution in [2.45, 2.75) is 19.6 Å². The zero-order valence-electron chi connectivity index (χ0n) is 12.5. The maximum absolute atomic E-state index is 12.9. The van der Waals surface area contributed by atoms with Gasteiger partial charge in [0.2, 0.25) is 11.5 Å². The first-order chi connectivity index (χ1) is 10.1. The molecule has 1 N–H and O–H groups in total. The van der Waals surface area contributed by atoms with Crippen molar-refractivity contribution in [2.24, 2.45) is 0 Å². The smallest absolute Gasteiger partial charge is 0.214 e. The first-order valence-corrected chi connectivity index (χ1v) is 7.27. The second-order valence-corrected chi connectivity index (χ2v) is 4.91. The summed E-state index contributed by atoms with van der Waals surface area (Å²) in [6, 6.07) is 18.1. The van der Waals surface area contributed by atoms with E-state index in [1.54, 1.807) is 41.3 Å². The monoisotopic (exact) mass is 283 g/mol. The Kier molecular flexibility index (Phi) is 4.89. The van der Waals surface area contributed by atoms with Crippen molar-refractivity contribution >= 4 is 5.78 Å². The van der Waals surface area contributed by atoms with Gasteiger partial charge in [0.15, 0.2) is 0 Å². The number of Topliss-reactive ketones (excluding diaryl/α,β-unsaturated/α-hetero) is 1. The van der Waals surface area contributed by atoms with Crippen LogP contribution in [0, 0.1) is 0 Å². The predicted octanol–water partition coefficient (Wildman–Crippen LogP) is 3.06. The van der Waals surface area contributed by atoms with E-state index in [-0.39, 0.29) is 5.78 Å². The Bertz CT molecular complexity index is 579. The van der Waals surface area contributed by atoms with Crippen molar-refractivity contribution < 1.29 is 9.90 Å². The van der Waals surface area contributed by atoms with Gasteiger partial charge in [0.1, 0.15) is 0 Å². The van der Waals surface area contributed by atoms with Crippen LogP contribution in [0.15, 0.2) is 60.7 Å². The molecule has 0 radical (unpaired) electrons. The van der Waals surface area contributed by atoms with Crippen LogP contribution in [0.4, 0.5) is 0 Å². The van der Waals surface area contributed by atoms with Gasteiger partial charge in [0.05, 0.1) is 0 Å². The van der Waals surface area contributed by atoms with E-state index in [0.717, 1.165) is 0 Å². The number of hydrogen-bond donors (Lipinski definition) is 1.